The number of fused-ring (bicyclic) bond motifs is 1. The SMILES string of the molecule is O=C(Nc1ccc(N2CCCN(c3ccccn3)CC2)cc1)C(=O)c1c(-c2ccccc2)cc2n1CCCC2. The van der Waals surface area contributed by atoms with Crippen LogP contribution >= 0.6 is 0 Å². The van der Waals surface area contributed by atoms with Crippen LogP contribution in [0, 0.1) is 0 Å². The van der Waals surface area contributed by atoms with E-state index < -0.39 is 11.7 Å². The van der Waals surface area contributed by atoms with Crippen molar-refractivity contribution in [1.29, 1.82) is 0 Å². The molecule has 39 heavy (non-hydrogen) atoms. The van der Waals surface area contributed by atoms with E-state index in [1.807, 2.05) is 77.5 Å². The van der Waals surface area contributed by atoms with Crippen LogP contribution in [0.2, 0.25) is 0 Å². The normalized spacial score (nSPS) is 15.4. The highest BCUT2D eigenvalue weighted by molar-refractivity contribution is 6.47. The Hall–Kier alpha value is -4.39. The highest BCUT2D eigenvalue weighted by atomic mass is 16.2. The highest BCUT2D eigenvalue weighted by Gasteiger charge is 2.28. The van der Waals surface area contributed by atoms with Crippen molar-refractivity contribution in [2.24, 2.45) is 0 Å². The molecule has 198 valence electrons. The van der Waals surface area contributed by atoms with Gasteiger partial charge in [0, 0.05) is 61.6 Å². The number of benzene rings is 2. The molecule has 1 fully saturated rings. The molecule has 0 bridgehead atoms. The summed E-state index contributed by atoms with van der Waals surface area (Å²) in [5.74, 6) is -0.0814. The van der Waals surface area contributed by atoms with Gasteiger partial charge in [0.05, 0.1) is 0 Å². The van der Waals surface area contributed by atoms with Crippen LogP contribution in [-0.2, 0) is 17.8 Å². The van der Waals surface area contributed by atoms with E-state index in [9.17, 15) is 9.59 Å². The van der Waals surface area contributed by atoms with Gasteiger partial charge < -0.3 is 19.7 Å². The molecule has 7 heteroatoms. The van der Waals surface area contributed by atoms with Crippen LogP contribution in [0.25, 0.3) is 11.1 Å². The monoisotopic (exact) mass is 519 g/mol. The zero-order chi connectivity index (χ0) is 26.6. The van der Waals surface area contributed by atoms with Crippen molar-refractivity contribution < 1.29 is 9.59 Å². The third kappa shape index (κ3) is 5.30. The molecular formula is C32H33N5O2. The molecular weight excluding hydrogens is 486 g/mol. The number of Topliss-reactive ketones (excluding diaryl/α,β-unsaturated/α-hetero) is 1. The van der Waals surface area contributed by atoms with E-state index in [0.29, 0.717) is 11.4 Å². The number of hydrogen-bond donors (Lipinski definition) is 1. The molecule has 2 aromatic heterocycles. The maximum absolute atomic E-state index is 13.5. The summed E-state index contributed by atoms with van der Waals surface area (Å²) in [5, 5.41) is 2.85. The van der Waals surface area contributed by atoms with Gasteiger partial charge in [-0.2, -0.15) is 0 Å². The fraction of sp³-hybridized carbons (Fsp3) is 0.281. The van der Waals surface area contributed by atoms with Crippen LogP contribution in [0.15, 0.2) is 85.1 Å². The number of nitrogens with one attached hydrogen (secondary N) is 1. The Morgan fingerprint density at radius 1 is 0.744 bits per heavy atom. The first-order chi connectivity index (χ1) is 19.2. The minimum atomic E-state index is -0.604. The van der Waals surface area contributed by atoms with Crippen LogP contribution in [0.3, 0.4) is 0 Å². The number of nitrogens with zero attached hydrogens (tertiary/aromatic N) is 4. The number of amides is 1. The summed E-state index contributed by atoms with van der Waals surface area (Å²) < 4.78 is 2.05. The fourth-order valence-electron chi connectivity index (χ4n) is 5.72. The number of hydrogen-bond acceptors (Lipinski definition) is 5. The van der Waals surface area contributed by atoms with Gasteiger partial charge in [0.15, 0.2) is 0 Å². The smallest absolute Gasteiger partial charge is 0.298 e. The molecule has 0 radical (unpaired) electrons. The van der Waals surface area contributed by atoms with Gasteiger partial charge in [0.2, 0.25) is 0 Å². The first kappa shape index (κ1) is 24.9. The second-order valence-electron chi connectivity index (χ2n) is 10.2. The molecule has 2 aromatic carbocycles. The molecule has 0 saturated carbocycles. The molecule has 4 heterocycles. The van der Waals surface area contributed by atoms with Gasteiger partial charge in [-0.05, 0) is 73.7 Å². The minimum absolute atomic E-state index is 0.492. The Morgan fingerprint density at radius 3 is 2.31 bits per heavy atom. The summed E-state index contributed by atoms with van der Waals surface area (Å²) in [6, 6.07) is 25.8. The quantitative estimate of drug-likeness (QED) is 0.272. The highest BCUT2D eigenvalue weighted by Crippen LogP contribution is 2.31. The van der Waals surface area contributed by atoms with Gasteiger partial charge >= 0.3 is 0 Å². The molecule has 6 rings (SSSR count). The van der Waals surface area contributed by atoms with Gasteiger partial charge in [-0.3, -0.25) is 9.59 Å². The summed E-state index contributed by atoms with van der Waals surface area (Å²) >= 11 is 0. The minimum Gasteiger partial charge on any atom is -0.370 e. The van der Waals surface area contributed by atoms with Crippen molar-refractivity contribution in [3.05, 3.63) is 96.4 Å². The van der Waals surface area contributed by atoms with Crippen LogP contribution < -0.4 is 15.1 Å². The Morgan fingerprint density at radius 2 is 1.51 bits per heavy atom. The largest absolute Gasteiger partial charge is 0.370 e. The number of carbonyl (C=O) groups is 2. The lowest BCUT2D eigenvalue weighted by Crippen LogP contribution is -2.31. The Balaban J connectivity index is 1.15. The Bertz CT molecular complexity index is 1450. The number of anilines is 3. The van der Waals surface area contributed by atoms with Crippen molar-refractivity contribution in [2.75, 3.05) is 41.3 Å². The Labute approximate surface area is 229 Å². The standard InChI is InChI=1S/C32H33N5O2/c38-31(30-28(24-9-2-1-3-10-24)23-27-11-5-7-20-37(27)30)32(39)34-25-13-15-26(16-14-25)35-18-8-19-36(22-21-35)29-12-4-6-17-33-29/h1-4,6,9-10,12-17,23H,5,7-8,11,18-22H2,(H,34,39). The molecule has 1 amide bonds. The van der Waals surface area contributed by atoms with Crippen molar-refractivity contribution in [3.8, 4) is 11.1 Å². The van der Waals surface area contributed by atoms with Gasteiger partial charge in [0.25, 0.3) is 11.7 Å². The van der Waals surface area contributed by atoms with Crippen molar-refractivity contribution in [3.63, 3.8) is 0 Å². The molecule has 7 nitrogen and oxygen atoms in total. The maximum atomic E-state index is 13.5. The lowest BCUT2D eigenvalue weighted by molar-refractivity contribution is -0.112. The Kier molecular flexibility index (Phi) is 7.13. The summed E-state index contributed by atoms with van der Waals surface area (Å²) in [4.78, 5) is 35.9. The molecule has 1 N–H and O–H groups in total. The molecule has 0 atom stereocenters. The summed E-state index contributed by atoms with van der Waals surface area (Å²) in [7, 11) is 0. The second-order valence-corrected chi connectivity index (χ2v) is 10.2. The van der Waals surface area contributed by atoms with E-state index in [4.69, 9.17) is 0 Å². The van der Waals surface area contributed by atoms with Gasteiger partial charge in [-0.1, -0.05) is 36.4 Å². The zero-order valence-electron chi connectivity index (χ0n) is 22.1. The third-order valence-corrected chi connectivity index (χ3v) is 7.71. The average Bonchev–Trinajstić information content (AvgIpc) is 3.20. The predicted octanol–water partition coefficient (Wildman–Crippen LogP) is 5.42. The third-order valence-electron chi connectivity index (χ3n) is 7.71. The van der Waals surface area contributed by atoms with E-state index in [1.54, 1.807) is 0 Å². The van der Waals surface area contributed by atoms with Gasteiger partial charge in [0.1, 0.15) is 11.5 Å². The second kappa shape index (κ2) is 11.2. The summed E-state index contributed by atoms with van der Waals surface area (Å²) in [6.45, 7) is 4.48. The van der Waals surface area contributed by atoms with Gasteiger partial charge in [-0.15, -0.1) is 0 Å². The number of rotatable bonds is 6. The van der Waals surface area contributed by atoms with Crippen molar-refractivity contribution in [1.82, 2.24) is 9.55 Å². The number of aromatic nitrogens is 2. The molecule has 0 spiro atoms. The maximum Gasteiger partial charge on any atom is 0.298 e. The van der Waals surface area contributed by atoms with Crippen LogP contribution in [0.1, 0.15) is 35.4 Å². The molecule has 0 aliphatic carbocycles. The van der Waals surface area contributed by atoms with E-state index in [1.165, 1.54) is 0 Å². The fourth-order valence-corrected chi connectivity index (χ4v) is 5.72. The average molecular weight is 520 g/mol. The predicted molar refractivity (Wildman–Crippen MR) is 155 cm³/mol. The summed E-state index contributed by atoms with van der Waals surface area (Å²) in [5.41, 5.74) is 5.14. The van der Waals surface area contributed by atoms with Crippen LogP contribution in [-0.4, -0.2) is 47.4 Å². The lowest BCUT2D eigenvalue weighted by atomic mass is 10.0. The zero-order valence-corrected chi connectivity index (χ0v) is 22.1. The van der Waals surface area contributed by atoms with Gasteiger partial charge in [-0.25, -0.2) is 4.98 Å². The van der Waals surface area contributed by atoms with Crippen molar-refractivity contribution in [2.45, 2.75) is 32.2 Å². The van der Waals surface area contributed by atoms with Crippen LogP contribution in [0.5, 0.6) is 0 Å². The number of ketones is 1. The first-order valence-electron chi connectivity index (χ1n) is 13.8. The van der Waals surface area contributed by atoms with E-state index in [0.717, 1.165) is 86.7 Å². The molecule has 1 saturated heterocycles. The molecule has 4 aromatic rings. The van der Waals surface area contributed by atoms with Crippen LogP contribution in [0.4, 0.5) is 17.2 Å². The molecule has 2 aliphatic rings. The lowest BCUT2D eigenvalue weighted by Gasteiger charge is -2.24. The summed E-state index contributed by atoms with van der Waals surface area (Å²) in [6.07, 6.45) is 5.91. The van der Waals surface area contributed by atoms with E-state index >= 15 is 0 Å². The van der Waals surface area contributed by atoms with E-state index in [2.05, 4.69) is 32.2 Å². The number of carbonyl (C=O) groups excluding carboxylic acids is 2. The van der Waals surface area contributed by atoms with E-state index in [-0.39, 0.29) is 0 Å². The molecule has 0 unspecified atom stereocenters. The number of aryl methyl sites for hydroxylation is 1. The first-order valence-corrected chi connectivity index (χ1v) is 13.8. The molecule has 2 aliphatic heterocycles. The topological polar surface area (TPSA) is 70.5 Å². The van der Waals surface area contributed by atoms with Crippen molar-refractivity contribution >= 4 is 28.9 Å². The number of pyridine rings is 1.